The van der Waals surface area contributed by atoms with Crippen LogP contribution in [0.4, 0.5) is 0 Å². The second-order valence-corrected chi connectivity index (χ2v) is 6.54. The molecule has 2 unspecified atom stereocenters. The summed E-state index contributed by atoms with van der Waals surface area (Å²) in [5.41, 5.74) is 7.91. The first-order valence-corrected chi connectivity index (χ1v) is 8.17. The summed E-state index contributed by atoms with van der Waals surface area (Å²) >= 11 is 0. The second kappa shape index (κ2) is 6.17. The highest BCUT2D eigenvalue weighted by atomic mass is 15.2. The Balaban J connectivity index is 2.03. The van der Waals surface area contributed by atoms with Crippen molar-refractivity contribution in [3.8, 4) is 0 Å². The van der Waals surface area contributed by atoms with E-state index < -0.39 is 0 Å². The molecule has 0 radical (unpaired) electrons. The fourth-order valence-electron chi connectivity index (χ4n) is 3.63. The molecule has 1 aliphatic rings. The van der Waals surface area contributed by atoms with Crippen molar-refractivity contribution in [2.45, 2.75) is 51.2 Å². The topological polar surface area (TPSA) is 29.3 Å². The Morgan fingerprint density at radius 2 is 1.81 bits per heavy atom. The second-order valence-electron chi connectivity index (χ2n) is 6.54. The molecular weight excluding hydrogens is 256 g/mol. The maximum atomic E-state index is 6.54. The molecule has 0 spiro atoms. The summed E-state index contributed by atoms with van der Waals surface area (Å²) < 4.78 is 0. The van der Waals surface area contributed by atoms with Gasteiger partial charge in [-0.05, 0) is 55.6 Å². The third-order valence-electron chi connectivity index (χ3n) is 4.74. The Bertz CT molecular complexity index is 605. The first kappa shape index (κ1) is 14.6. The first-order valence-electron chi connectivity index (χ1n) is 8.17. The fourth-order valence-corrected chi connectivity index (χ4v) is 3.63. The predicted octanol–water partition coefficient (Wildman–Crippen LogP) is 4.10. The number of fused-ring (bicyclic) bond motifs is 1. The van der Waals surface area contributed by atoms with Crippen LogP contribution in [0.15, 0.2) is 42.5 Å². The molecular formula is C19H26N2. The van der Waals surface area contributed by atoms with E-state index in [-0.39, 0.29) is 6.04 Å². The van der Waals surface area contributed by atoms with E-state index in [1.54, 1.807) is 0 Å². The average molecular weight is 282 g/mol. The number of hydrogen-bond acceptors (Lipinski definition) is 2. The van der Waals surface area contributed by atoms with Gasteiger partial charge in [-0.15, -0.1) is 0 Å². The molecule has 2 nitrogen and oxygen atoms in total. The molecule has 3 rings (SSSR count). The Kier molecular flexibility index (Phi) is 4.27. The molecule has 0 aromatic heterocycles. The van der Waals surface area contributed by atoms with Crippen LogP contribution in [0.25, 0.3) is 10.8 Å². The van der Waals surface area contributed by atoms with Gasteiger partial charge in [0.25, 0.3) is 0 Å². The van der Waals surface area contributed by atoms with Gasteiger partial charge in [0, 0.05) is 12.1 Å². The third-order valence-corrected chi connectivity index (χ3v) is 4.74. The van der Waals surface area contributed by atoms with Crippen molar-refractivity contribution in [1.29, 1.82) is 0 Å². The molecule has 2 aromatic rings. The molecule has 0 amide bonds. The van der Waals surface area contributed by atoms with Gasteiger partial charge in [-0.3, -0.25) is 4.90 Å². The molecule has 2 N–H and O–H groups in total. The van der Waals surface area contributed by atoms with Crippen LogP contribution in [0.3, 0.4) is 0 Å². The van der Waals surface area contributed by atoms with Crippen LogP contribution in [0.2, 0.25) is 0 Å². The summed E-state index contributed by atoms with van der Waals surface area (Å²) in [6.07, 6.45) is 3.63. The summed E-state index contributed by atoms with van der Waals surface area (Å²) in [4.78, 5) is 2.59. The van der Waals surface area contributed by atoms with Crippen LogP contribution >= 0.6 is 0 Å². The maximum absolute atomic E-state index is 6.54. The SMILES string of the molecule is CC(C)N1CCCCC(N)C1c1ccc2ccccc2c1. The van der Waals surface area contributed by atoms with E-state index in [0.29, 0.717) is 12.1 Å². The first-order chi connectivity index (χ1) is 10.2. The molecule has 21 heavy (non-hydrogen) atoms. The van der Waals surface area contributed by atoms with E-state index in [4.69, 9.17) is 5.73 Å². The summed E-state index contributed by atoms with van der Waals surface area (Å²) in [5, 5.41) is 2.62. The van der Waals surface area contributed by atoms with Gasteiger partial charge in [-0.2, -0.15) is 0 Å². The van der Waals surface area contributed by atoms with Gasteiger partial charge in [-0.1, -0.05) is 42.8 Å². The molecule has 1 aliphatic heterocycles. The molecule has 2 aromatic carbocycles. The highest BCUT2D eigenvalue weighted by Gasteiger charge is 2.30. The largest absolute Gasteiger partial charge is 0.326 e. The smallest absolute Gasteiger partial charge is 0.0502 e. The van der Waals surface area contributed by atoms with E-state index in [9.17, 15) is 0 Å². The van der Waals surface area contributed by atoms with Crippen molar-refractivity contribution in [3.05, 3.63) is 48.0 Å². The molecule has 0 aliphatic carbocycles. The molecule has 1 saturated heterocycles. The number of nitrogens with zero attached hydrogens (tertiary/aromatic N) is 1. The predicted molar refractivity (Wildman–Crippen MR) is 90.4 cm³/mol. The van der Waals surface area contributed by atoms with Crippen LogP contribution in [-0.2, 0) is 0 Å². The Morgan fingerprint density at radius 1 is 1.05 bits per heavy atom. The number of likely N-dealkylation sites (tertiary alicyclic amines) is 1. The van der Waals surface area contributed by atoms with Gasteiger partial charge >= 0.3 is 0 Å². The third kappa shape index (κ3) is 2.97. The van der Waals surface area contributed by atoms with Crippen molar-refractivity contribution in [3.63, 3.8) is 0 Å². The molecule has 1 heterocycles. The molecule has 2 atom stereocenters. The highest BCUT2D eigenvalue weighted by Crippen LogP contribution is 2.32. The van der Waals surface area contributed by atoms with Crippen molar-refractivity contribution in [2.75, 3.05) is 6.54 Å². The van der Waals surface area contributed by atoms with Crippen molar-refractivity contribution in [1.82, 2.24) is 4.90 Å². The van der Waals surface area contributed by atoms with Gasteiger partial charge in [-0.25, -0.2) is 0 Å². The highest BCUT2D eigenvalue weighted by molar-refractivity contribution is 5.83. The summed E-state index contributed by atoms with van der Waals surface area (Å²) in [7, 11) is 0. The van der Waals surface area contributed by atoms with E-state index >= 15 is 0 Å². The monoisotopic (exact) mass is 282 g/mol. The van der Waals surface area contributed by atoms with Crippen molar-refractivity contribution >= 4 is 10.8 Å². The molecule has 2 heteroatoms. The Hall–Kier alpha value is -1.38. The molecule has 0 bridgehead atoms. The Morgan fingerprint density at radius 3 is 2.57 bits per heavy atom. The van der Waals surface area contributed by atoms with Crippen LogP contribution in [0.1, 0.15) is 44.7 Å². The van der Waals surface area contributed by atoms with Crippen LogP contribution < -0.4 is 5.73 Å². The number of rotatable bonds is 2. The molecule has 0 saturated carbocycles. The van der Waals surface area contributed by atoms with E-state index in [1.165, 1.54) is 29.2 Å². The molecule has 112 valence electrons. The lowest BCUT2D eigenvalue weighted by atomic mass is 9.93. The quantitative estimate of drug-likeness (QED) is 0.898. The standard InChI is InChI=1S/C19H26N2/c1-14(2)21-12-6-5-9-18(20)19(21)17-11-10-15-7-3-4-8-16(15)13-17/h3-4,7-8,10-11,13-14,18-19H,5-6,9,12,20H2,1-2H3. The molecule has 1 fully saturated rings. The minimum Gasteiger partial charge on any atom is -0.326 e. The summed E-state index contributed by atoms with van der Waals surface area (Å²) in [6, 6.07) is 16.5. The van der Waals surface area contributed by atoms with E-state index in [1.807, 2.05) is 0 Å². The summed E-state index contributed by atoms with van der Waals surface area (Å²) in [6.45, 7) is 5.72. The lowest BCUT2D eigenvalue weighted by Crippen LogP contribution is -2.43. The van der Waals surface area contributed by atoms with Gasteiger partial charge in [0.2, 0.25) is 0 Å². The zero-order valence-electron chi connectivity index (χ0n) is 13.1. The normalized spacial score (nSPS) is 24.4. The van der Waals surface area contributed by atoms with Crippen LogP contribution in [0, 0.1) is 0 Å². The number of nitrogens with two attached hydrogens (primary N) is 1. The van der Waals surface area contributed by atoms with Gasteiger partial charge < -0.3 is 5.73 Å². The van der Waals surface area contributed by atoms with Gasteiger partial charge in [0.1, 0.15) is 0 Å². The number of hydrogen-bond donors (Lipinski definition) is 1. The van der Waals surface area contributed by atoms with Gasteiger partial charge in [0.15, 0.2) is 0 Å². The zero-order valence-corrected chi connectivity index (χ0v) is 13.1. The average Bonchev–Trinajstić information content (AvgIpc) is 2.68. The minimum atomic E-state index is 0.232. The fraction of sp³-hybridized carbons (Fsp3) is 0.474. The number of benzene rings is 2. The Labute approximate surface area is 127 Å². The van der Waals surface area contributed by atoms with Gasteiger partial charge in [0.05, 0.1) is 6.04 Å². The maximum Gasteiger partial charge on any atom is 0.0502 e. The lowest BCUT2D eigenvalue weighted by molar-refractivity contribution is 0.144. The van der Waals surface area contributed by atoms with Crippen LogP contribution in [-0.4, -0.2) is 23.5 Å². The van der Waals surface area contributed by atoms with Crippen molar-refractivity contribution in [2.24, 2.45) is 5.73 Å². The summed E-state index contributed by atoms with van der Waals surface area (Å²) in [5.74, 6) is 0. The van der Waals surface area contributed by atoms with E-state index in [0.717, 1.165) is 13.0 Å². The van der Waals surface area contributed by atoms with Crippen LogP contribution in [0.5, 0.6) is 0 Å². The zero-order chi connectivity index (χ0) is 14.8. The lowest BCUT2D eigenvalue weighted by Gasteiger charge is -2.37. The minimum absolute atomic E-state index is 0.232. The van der Waals surface area contributed by atoms with E-state index in [2.05, 4.69) is 61.2 Å². The van der Waals surface area contributed by atoms with Crippen molar-refractivity contribution < 1.29 is 0 Å².